The molecule has 1 saturated heterocycles. The summed E-state index contributed by atoms with van der Waals surface area (Å²) in [5, 5.41) is 0. The second-order valence-electron chi connectivity index (χ2n) is 8.57. The highest BCUT2D eigenvalue weighted by atomic mass is 16.5. The number of methoxy groups -OCH3 is 1. The normalized spacial score (nSPS) is 14.4. The summed E-state index contributed by atoms with van der Waals surface area (Å²) in [6, 6.07) is 24.2. The number of benzene rings is 3. The molecule has 3 aromatic rings. The molecule has 1 heterocycles. The first-order valence-corrected chi connectivity index (χ1v) is 11.8. The van der Waals surface area contributed by atoms with E-state index in [-0.39, 0.29) is 5.91 Å². The van der Waals surface area contributed by atoms with Crippen LogP contribution in [0.15, 0.2) is 78.9 Å². The van der Waals surface area contributed by atoms with E-state index in [1.807, 2.05) is 59.5 Å². The average Bonchev–Trinajstić information content (AvgIpc) is 2.91. The first-order chi connectivity index (χ1) is 16.7. The number of piperidine rings is 1. The van der Waals surface area contributed by atoms with Gasteiger partial charge in [0, 0.05) is 25.7 Å². The van der Waals surface area contributed by atoms with Crippen LogP contribution in [0.2, 0.25) is 0 Å². The molecule has 1 aliphatic rings. The third-order valence-electron chi connectivity index (χ3n) is 6.31. The number of nitrogens with zero attached hydrogens (tertiary/aromatic N) is 1. The molecule has 0 unspecified atom stereocenters. The molecule has 5 nitrogen and oxygen atoms in total. The van der Waals surface area contributed by atoms with Gasteiger partial charge in [0.2, 0.25) is 5.91 Å². The molecule has 0 spiro atoms. The molecule has 2 N–H and O–H groups in total. The summed E-state index contributed by atoms with van der Waals surface area (Å²) in [5.74, 6) is 1.84. The lowest BCUT2D eigenvalue weighted by Crippen LogP contribution is -2.36. The maximum absolute atomic E-state index is 12.8. The molecule has 0 radical (unpaired) electrons. The Labute approximate surface area is 201 Å². The third-order valence-corrected chi connectivity index (χ3v) is 6.31. The van der Waals surface area contributed by atoms with Crippen molar-refractivity contribution in [3.8, 4) is 11.5 Å². The summed E-state index contributed by atoms with van der Waals surface area (Å²) in [6.07, 6.45) is 5.42. The second kappa shape index (κ2) is 11.5. The van der Waals surface area contributed by atoms with Gasteiger partial charge in [0.25, 0.3) is 0 Å². The zero-order valence-electron chi connectivity index (χ0n) is 19.7. The quantitative estimate of drug-likeness (QED) is 0.476. The molecule has 0 aliphatic carbocycles. The van der Waals surface area contributed by atoms with E-state index in [4.69, 9.17) is 15.2 Å². The van der Waals surface area contributed by atoms with E-state index in [0.717, 1.165) is 42.6 Å². The number of carbonyl (C=O) groups is 1. The minimum absolute atomic E-state index is 0.0394. The van der Waals surface area contributed by atoms with Gasteiger partial charge in [-0.1, -0.05) is 60.7 Å². The fourth-order valence-corrected chi connectivity index (χ4v) is 4.32. The zero-order valence-corrected chi connectivity index (χ0v) is 19.7. The molecule has 0 bridgehead atoms. The number of hydrogen-bond donors (Lipinski definition) is 1. The maximum atomic E-state index is 12.8. The van der Waals surface area contributed by atoms with Crippen LogP contribution >= 0.6 is 0 Å². The van der Waals surface area contributed by atoms with Crippen molar-refractivity contribution in [3.63, 3.8) is 0 Å². The Bertz CT molecular complexity index is 1120. The van der Waals surface area contributed by atoms with E-state index in [2.05, 4.69) is 24.3 Å². The van der Waals surface area contributed by atoms with Gasteiger partial charge in [-0.05, 0) is 59.2 Å². The molecule has 176 valence electrons. The molecule has 34 heavy (non-hydrogen) atoms. The first kappa shape index (κ1) is 23.6. The topological polar surface area (TPSA) is 64.8 Å². The summed E-state index contributed by atoms with van der Waals surface area (Å²) in [5.41, 5.74) is 10.3. The monoisotopic (exact) mass is 456 g/mol. The third kappa shape index (κ3) is 6.06. The minimum Gasteiger partial charge on any atom is -0.493 e. The van der Waals surface area contributed by atoms with Gasteiger partial charge < -0.3 is 20.1 Å². The molecule has 0 aromatic heterocycles. The van der Waals surface area contributed by atoms with Crippen LogP contribution in [-0.2, 0) is 17.9 Å². The molecule has 0 saturated carbocycles. The van der Waals surface area contributed by atoms with Gasteiger partial charge in [0.15, 0.2) is 11.5 Å². The van der Waals surface area contributed by atoms with Gasteiger partial charge in [-0.3, -0.25) is 4.79 Å². The van der Waals surface area contributed by atoms with Gasteiger partial charge in [0.1, 0.15) is 6.61 Å². The number of rotatable bonds is 8. The van der Waals surface area contributed by atoms with Crippen LogP contribution in [-0.4, -0.2) is 31.0 Å². The predicted molar refractivity (Wildman–Crippen MR) is 136 cm³/mol. The Morgan fingerprint density at radius 2 is 1.74 bits per heavy atom. The van der Waals surface area contributed by atoms with E-state index in [1.165, 1.54) is 5.56 Å². The van der Waals surface area contributed by atoms with Crippen molar-refractivity contribution in [2.24, 2.45) is 5.73 Å². The Morgan fingerprint density at radius 3 is 2.47 bits per heavy atom. The van der Waals surface area contributed by atoms with E-state index in [9.17, 15) is 4.79 Å². The lowest BCUT2D eigenvalue weighted by molar-refractivity contribution is -0.126. The lowest BCUT2D eigenvalue weighted by atomic mass is 9.88. The van der Waals surface area contributed by atoms with Crippen molar-refractivity contribution in [2.45, 2.75) is 31.9 Å². The number of carbonyl (C=O) groups excluding carboxylic acids is 1. The molecule has 1 aliphatic heterocycles. The number of amides is 1. The highest BCUT2D eigenvalue weighted by Gasteiger charge is 2.22. The number of ether oxygens (including phenoxy) is 2. The first-order valence-electron chi connectivity index (χ1n) is 11.8. The molecule has 5 heteroatoms. The molecular formula is C29H32N2O3. The minimum atomic E-state index is 0.0394. The number of likely N-dealkylation sites (tertiary alicyclic amines) is 1. The van der Waals surface area contributed by atoms with Crippen molar-refractivity contribution in [2.75, 3.05) is 20.2 Å². The van der Waals surface area contributed by atoms with Gasteiger partial charge >= 0.3 is 0 Å². The summed E-state index contributed by atoms with van der Waals surface area (Å²) in [6.45, 7) is 2.55. The standard InChI is InChI=1S/C29H32N2O3/c1-33-28-19-22(10-12-27(28)34-21-23-6-3-2-4-7-23)11-13-29(32)31-16-14-25(15-17-31)26-9-5-8-24(18-26)20-30/h2-13,18-19,25H,14-17,20-21,30H2,1H3. The number of nitrogens with two attached hydrogens (primary N) is 1. The van der Waals surface area contributed by atoms with Crippen LogP contribution < -0.4 is 15.2 Å². The molecule has 1 fully saturated rings. The van der Waals surface area contributed by atoms with Crippen LogP contribution in [0, 0.1) is 0 Å². The van der Waals surface area contributed by atoms with Gasteiger partial charge in [0.05, 0.1) is 7.11 Å². The largest absolute Gasteiger partial charge is 0.493 e. The van der Waals surface area contributed by atoms with E-state index in [0.29, 0.717) is 30.6 Å². The zero-order chi connectivity index (χ0) is 23.8. The van der Waals surface area contributed by atoms with Crippen molar-refractivity contribution in [1.82, 2.24) is 4.90 Å². The Kier molecular flexibility index (Phi) is 7.99. The van der Waals surface area contributed by atoms with Crippen LogP contribution in [0.1, 0.15) is 41.0 Å². The molecular weight excluding hydrogens is 424 g/mol. The summed E-state index contributed by atoms with van der Waals surface area (Å²) < 4.78 is 11.4. The van der Waals surface area contributed by atoms with Crippen molar-refractivity contribution in [1.29, 1.82) is 0 Å². The Hall–Kier alpha value is -3.57. The molecule has 4 rings (SSSR count). The van der Waals surface area contributed by atoms with Crippen molar-refractivity contribution < 1.29 is 14.3 Å². The number of hydrogen-bond acceptors (Lipinski definition) is 4. The fourth-order valence-electron chi connectivity index (χ4n) is 4.32. The Balaban J connectivity index is 1.32. The molecule has 0 atom stereocenters. The van der Waals surface area contributed by atoms with Crippen LogP contribution in [0.25, 0.3) is 6.08 Å². The Morgan fingerprint density at radius 1 is 0.971 bits per heavy atom. The van der Waals surface area contributed by atoms with Crippen molar-refractivity contribution >= 4 is 12.0 Å². The summed E-state index contributed by atoms with van der Waals surface area (Å²) in [7, 11) is 1.62. The van der Waals surface area contributed by atoms with E-state index >= 15 is 0 Å². The van der Waals surface area contributed by atoms with Crippen molar-refractivity contribution in [3.05, 3.63) is 101 Å². The van der Waals surface area contributed by atoms with E-state index < -0.39 is 0 Å². The predicted octanol–water partition coefficient (Wildman–Crippen LogP) is 5.15. The van der Waals surface area contributed by atoms with E-state index in [1.54, 1.807) is 13.2 Å². The van der Waals surface area contributed by atoms with Crippen LogP contribution in [0.5, 0.6) is 11.5 Å². The van der Waals surface area contributed by atoms with Gasteiger partial charge in [-0.2, -0.15) is 0 Å². The smallest absolute Gasteiger partial charge is 0.246 e. The summed E-state index contributed by atoms with van der Waals surface area (Å²) >= 11 is 0. The summed E-state index contributed by atoms with van der Waals surface area (Å²) in [4.78, 5) is 14.7. The maximum Gasteiger partial charge on any atom is 0.246 e. The van der Waals surface area contributed by atoms with Gasteiger partial charge in [-0.15, -0.1) is 0 Å². The SMILES string of the molecule is COc1cc(C=CC(=O)N2CCC(c3cccc(CN)c3)CC2)ccc1OCc1ccccc1. The second-order valence-corrected chi connectivity index (χ2v) is 8.57. The highest BCUT2D eigenvalue weighted by molar-refractivity contribution is 5.92. The van der Waals surface area contributed by atoms with Gasteiger partial charge in [-0.25, -0.2) is 0 Å². The molecule has 1 amide bonds. The van der Waals surface area contributed by atoms with Crippen LogP contribution in [0.3, 0.4) is 0 Å². The van der Waals surface area contributed by atoms with Crippen LogP contribution in [0.4, 0.5) is 0 Å². The molecule has 3 aromatic carbocycles. The lowest BCUT2D eigenvalue weighted by Gasteiger charge is -2.31. The average molecular weight is 457 g/mol. The fraction of sp³-hybridized carbons (Fsp3) is 0.276. The highest BCUT2D eigenvalue weighted by Crippen LogP contribution is 2.30.